The first-order valence-corrected chi connectivity index (χ1v) is 7.75. The first-order valence-electron chi connectivity index (χ1n) is 7.75. The molecule has 2 aromatic rings. The number of aromatic nitrogens is 4. The molecule has 0 bridgehead atoms. The number of anilines is 1. The Balaban J connectivity index is 2.18. The van der Waals surface area contributed by atoms with E-state index < -0.39 is 17.4 Å². The number of nitrogens with one attached hydrogen (secondary N) is 2. The summed E-state index contributed by atoms with van der Waals surface area (Å²) < 4.78 is 39.7. The van der Waals surface area contributed by atoms with Crippen LogP contribution in [0.15, 0.2) is 0 Å². The van der Waals surface area contributed by atoms with Gasteiger partial charge in [0.25, 0.3) is 5.82 Å². The van der Waals surface area contributed by atoms with Gasteiger partial charge in [-0.25, -0.2) is 0 Å². The van der Waals surface area contributed by atoms with Crippen LogP contribution in [0.3, 0.4) is 0 Å². The molecule has 0 unspecified atom stereocenters. The Morgan fingerprint density at radius 2 is 1.72 bits per heavy atom. The standard InChI is InChI=1S/C15H21F3N6O/c1-8-9(2)11-21-22-12(15(16,17)18)24(11)23-10(8)19-6-7-20-13(25)14(3,4)5/h6-7H2,1-5H3,(H,19,23)(H,20,25). The number of amides is 1. The number of halogens is 3. The van der Waals surface area contributed by atoms with Crippen LogP contribution in [0.2, 0.25) is 0 Å². The molecule has 0 aliphatic heterocycles. The molecule has 0 aromatic carbocycles. The minimum absolute atomic E-state index is 0.0661. The Hall–Kier alpha value is -2.39. The molecule has 25 heavy (non-hydrogen) atoms. The molecule has 138 valence electrons. The SMILES string of the molecule is Cc1c(NCCNC(=O)C(C)(C)C)nn2c(C(F)(F)F)nnc2c1C. The summed E-state index contributed by atoms with van der Waals surface area (Å²) in [6.07, 6.45) is -4.65. The first kappa shape index (κ1) is 18.9. The van der Waals surface area contributed by atoms with Crippen LogP contribution >= 0.6 is 0 Å². The van der Waals surface area contributed by atoms with E-state index in [1.165, 1.54) is 0 Å². The van der Waals surface area contributed by atoms with E-state index in [1.54, 1.807) is 34.6 Å². The second-order valence-corrected chi connectivity index (χ2v) is 6.79. The maximum Gasteiger partial charge on any atom is 0.453 e. The molecule has 0 spiro atoms. The molecule has 0 aliphatic rings. The Morgan fingerprint density at radius 3 is 2.28 bits per heavy atom. The van der Waals surface area contributed by atoms with Crippen LogP contribution in [0.1, 0.15) is 37.7 Å². The summed E-state index contributed by atoms with van der Waals surface area (Å²) in [6.45, 7) is 9.43. The molecule has 2 rings (SSSR count). The lowest BCUT2D eigenvalue weighted by Gasteiger charge is -2.18. The molecule has 1 amide bonds. The third-order valence-electron chi connectivity index (χ3n) is 3.73. The molecular formula is C15H21F3N6O. The molecule has 0 radical (unpaired) electrons. The van der Waals surface area contributed by atoms with Gasteiger partial charge >= 0.3 is 6.18 Å². The maximum atomic E-state index is 13.0. The number of carbonyl (C=O) groups is 1. The van der Waals surface area contributed by atoms with E-state index in [-0.39, 0.29) is 11.6 Å². The number of carbonyl (C=O) groups excluding carboxylic acids is 1. The van der Waals surface area contributed by atoms with Crippen LogP contribution < -0.4 is 10.6 Å². The Morgan fingerprint density at radius 1 is 1.08 bits per heavy atom. The molecule has 0 fully saturated rings. The summed E-state index contributed by atoms with van der Waals surface area (Å²) in [6, 6.07) is 0. The van der Waals surface area contributed by atoms with Crippen molar-refractivity contribution in [3.8, 4) is 0 Å². The number of fused-ring (bicyclic) bond motifs is 1. The van der Waals surface area contributed by atoms with Gasteiger partial charge in [0.2, 0.25) is 5.91 Å². The van der Waals surface area contributed by atoms with Crippen molar-refractivity contribution in [2.24, 2.45) is 5.41 Å². The fraction of sp³-hybridized carbons (Fsp3) is 0.600. The fourth-order valence-corrected chi connectivity index (χ4v) is 2.10. The number of hydrogen-bond acceptors (Lipinski definition) is 5. The normalized spacial score (nSPS) is 12.5. The van der Waals surface area contributed by atoms with Crippen LogP contribution in [0.25, 0.3) is 5.65 Å². The van der Waals surface area contributed by atoms with Gasteiger partial charge in [0, 0.05) is 24.1 Å². The molecule has 0 saturated heterocycles. The van der Waals surface area contributed by atoms with E-state index in [9.17, 15) is 18.0 Å². The highest BCUT2D eigenvalue weighted by molar-refractivity contribution is 5.81. The van der Waals surface area contributed by atoms with Gasteiger partial charge in [-0.1, -0.05) is 20.8 Å². The number of rotatable bonds is 4. The van der Waals surface area contributed by atoms with Crippen molar-refractivity contribution in [1.82, 2.24) is 25.1 Å². The van der Waals surface area contributed by atoms with Crippen LogP contribution in [-0.2, 0) is 11.0 Å². The van der Waals surface area contributed by atoms with Crippen LogP contribution in [0, 0.1) is 19.3 Å². The Labute approximate surface area is 143 Å². The quantitative estimate of drug-likeness (QED) is 0.820. The van der Waals surface area contributed by atoms with Gasteiger partial charge in [0.05, 0.1) is 0 Å². The van der Waals surface area contributed by atoms with E-state index in [0.29, 0.717) is 34.5 Å². The van der Waals surface area contributed by atoms with Crippen LogP contribution in [0.5, 0.6) is 0 Å². The summed E-state index contributed by atoms with van der Waals surface area (Å²) in [7, 11) is 0. The molecule has 0 atom stereocenters. The first-order chi connectivity index (χ1) is 11.4. The van der Waals surface area contributed by atoms with E-state index in [2.05, 4.69) is 25.9 Å². The summed E-state index contributed by atoms with van der Waals surface area (Å²) in [5.74, 6) is -0.987. The lowest BCUT2D eigenvalue weighted by molar-refractivity contribution is -0.146. The summed E-state index contributed by atoms with van der Waals surface area (Å²) in [4.78, 5) is 11.8. The predicted octanol–water partition coefficient (Wildman–Crippen LogP) is 2.33. The number of aryl methyl sites for hydroxylation is 1. The van der Waals surface area contributed by atoms with Crippen LogP contribution in [0.4, 0.5) is 19.0 Å². The van der Waals surface area contributed by atoms with Gasteiger partial charge in [-0.3, -0.25) is 4.79 Å². The number of hydrogen-bond donors (Lipinski definition) is 2. The average Bonchev–Trinajstić information content (AvgIpc) is 2.91. The Kier molecular flexibility index (Phi) is 4.92. The summed E-state index contributed by atoms with van der Waals surface area (Å²) >= 11 is 0. The van der Waals surface area contributed by atoms with Gasteiger partial charge in [-0.2, -0.15) is 17.7 Å². The zero-order valence-electron chi connectivity index (χ0n) is 14.7. The third-order valence-corrected chi connectivity index (χ3v) is 3.73. The van der Waals surface area contributed by atoms with Gasteiger partial charge in [0.15, 0.2) is 5.65 Å². The van der Waals surface area contributed by atoms with E-state index >= 15 is 0 Å². The molecule has 2 heterocycles. The largest absolute Gasteiger partial charge is 0.453 e. The zero-order chi connectivity index (χ0) is 19.0. The highest BCUT2D eigenvalue weighted by Gasteiger charge is 2.38. The van der Waals surface area contributed by atoms with Gasteiger partial charge in [0.1, 0.15) is 5.82 Å². The van der Waals surface area contributed by atoms with Crippen molar-refractivity contribution in [1.29, 1.82) is 0 Å². The molecule has 0 aliphatic carbocycles. The van der Waals surface area contributed by atoms with E-state index in [0.717, 1.165) is 0 Å². The van der Waals surface area contributed by atoms with Crippen molar-refractivity contribution in [2.75, 3.05) is 18.4 Å². The van der Waals surface area contributed by atoms with Crippen molar-refractivity contribution in [3.63, 3.8) is 0 Å². The molecule has 2 N–H and O–H groups in total. The van der Waals surface area contributed by atoms with E-state index in [1.807, 2.05) is 0 Å². The minimum atomic E-state index is -4.65. The Bertz CT molecular complexity index is 791. The highest BCUT2D eigenvalue weighted by atomic mass is 19.4. The molecule has 0 saturated carbocycles. The highest BCUT2D eigenvalue weighted by Crippen LogP contribution is 2.29. The fourth-order valence-electron chi connectivity index (χ4n) is 2.10. The topological polar surface area (TPSA) is 84.2 Å². The second kappa shape index (κ2) is 6.49. The zero-order valence-corrected chi connectivity index (χ0v) is 14.7. The summed E-state index contributed by atoms with van der Waals surface area (Å²) in [5.41, 5.74) is 0.791. The van der Waals surface area contributed by atoms with Crippen LogP contribution in [-0.4, -0.2) is 38.8 Å². The number of nitrogens with zero attached hydrogens (tertiary/aromatic N) is 4. The van der Waals surface area contributed by atoms with Gasteiger partial charge in [-0.05, 0) is 19.4 Å². The second-order valence-electron chi connectivity index (χ2n) is 6.79. The molecule has 10 heteroatoms. The van der Waals surface area contributed by atoms with E-state index in [4.69, 9.17) is 0 Å². The molecule has 2 aromatic heterocycles. The lowest BCUT2D eigenvalue weighted by atomic mass is 9.96. The van der Waals surface area contributed by atoms with Gasteiger partial charge in [-0.15, -0.1) is 15.3 Å². The van der Waals surface area contributed by atoms with Gasteiger partial charge < -0.3 is 10.6 Å². The van der Waals surface area contributed by atoms with Crippen molar-refractivity contribution in [3.05, 3.63) is 17.0 Å². The van der Waals surface area contributed by atoms with Crippen molar-refractivity contribution < 1.29 is 18.0 Å². The number of alkyl halides is 3. The van der Waals surface area contributed by atoms with Crippen molar-refractivity contribution >= 4 is 17.4 Å². The lowest BCUT2D eigenvalue weighted by Crippen LogP contribution is -2.37. The minimum Gasteiger partial charge on any atom is -0.367 e. The third kappa shape index (κ3) is 3.99. The van der Waals surface area contributed by atoms with Crippen molar-refractivity contribution in [2.45, 2.75) is 40.8 Å². The molecular weight excluding hydrogens is 337 g/mol. The molecule has 7 nitrogen and oxygen atoms in total. The smallest absolute Gasteiger partial charge is 0.367 e. The monoisotopic (exact) mass is 358 g/mol. The average molecular weight is 358 g/mol. The summed E-state index contributed by atoms with van der Waals surface area (Å²) in [5, 5.41) is 16.5. The maximum absolute atomic E-state index is 13.0. The predicted molar refractivity (Wildman–Crippen MR) is 86.2 cm³/mol.